The van der Waals surface area contributed by atoms with Crippen LogP contribution in [0.4, 0.5) is 5.69 Å². The monoisotopic (exact) mass is 489 g/mol. The minimum absolute atomic E-state index is 0.00710. The zero-order valence-electron chi connectivity index (χ0n) is 19.0. The molecule has 1 N–H and O–H groups in total. The van der Waals surface area contributed by atoms with Gasteiger partial charge in [-0.1, -0.05) is 30.3 Å². The van der Waals surface area contributed by atoms with Gasteiger partial charge in [0.05, 0.1) is 23.4 Å². The summed E-state index contributed by atoms with van der Waals surface area (Å²) in [7, 11) is -4.12. The maximum Gasteiger partial charge on any atom is 0.340 e. The molecule has 0 atom stereocenters. The first kappa shape index (κ1) is 22.7. The number of nitrogens with zero attached hydrogens (tertiary/aromatic N) is 2. The number of carbonyl (C=O) groups is 1. The molecule has 0 bridgehead atoms. The van der Waals surface area contributed by atoms with Crippen molar-refractivity contribution in [3.63, 3.8) is 0 Å². The minimum Gasteiger partial charge on any atom is -0.494 e. The SMILES string of the molecule is CCOc1ccc(C(=O)N2CCc3cc(S(=O)(=O)n4cc(-c5ccccc5)[nH]c4=O)ccc32)cc1. The van der Waals surface area contributed by atoms with Crippen LogP contribution in [0, 0.1) is 0 Å². The van der Waals surface area contributed by atoms with Crippen LogP contribution in [0.15, 0.2) is 88.7 Å². The molecule has 0 radical (unpaired) electrons. The van der Waals surface area contributed by atoms with Gasteiger partial charge in [0, 0.05) is 17.8 Å². The van der Waals surface area contributed by atoms with E-state index >= 15 is 0 Å². The number of amides is 1. The molecule has 5 rings (SSSR count). The van der Waals surface area contributed by atoms with Crippen molar-refractivity contribution in [2.24, 2.45) is 0 Å². The second kappa shape index (κ2) is 8.92. The molecule has 0 unspecified atom stereocenters. The summed E-state index contributed by atoms with van der Waals surface area (Å²) in [6, 6.07) is 20.5. The summed E-state index contributed by atoms with van der Waals surface area (Å²) in [4.78, 5) is 29.8. The Bertz CT molecular complexity index is 1550. The number of anilines is 1. The molecule has 1 amide bonds. The van der Waals surface area contributed by atoms with E-state index in [2.05, 4.69) is 4.98 Å². The lowest BCUT2D eigenvalue weighted by molar-refractivity contribution is 0.0989. The molecule has 1 aliphatic heterocycles. The van der Waals surface area contributed by atoms with E-state index in [-0.39, 0.29) is 10.8 Å². The Balaban J connectivity index is 1.43. The average molecular weight is 490 g/mol. The van der Waals surface area contributed by atoms with Crippen LogP contribution in [0.1, 0.15) is 22.8 Å². The summed E-state index contributed by atoms with van der Waals surface area (Å²) >= 11 is 0. The van der Waals surface area contributed by atoms with Crippen LogP contribution in [-0.4, -0.2) is 36.4 Å². The van der Waals surface area contributed by atoms with Gasteiger partial charge in [-0.15, -0.1) is 0 Å². The van der Waals surface area contributed by atoms with Gasteiger partial charge < -0.3 is 14.6 Å². The van der Waals surface area contributed by atoms with Crippen molar-refractivity contribution in [2.75, 3.05) is 18.1 Å². The van der Waals surface area contributed by atoms with Crippen LogP contribution in [-0.2, 0) is 16.4 Å². The largest absolute Gasteiger partial charge is 0.494 e. The van der Waals surface area contributed by atoms with Crippen molar-refractivity contribution in [2.45, 2.75) is 18.2 Å². The lowest BCUT2D eigenvalue weighted by atomic mass is 10.1. The predicted molar refractivity (Wildman–Crippen MR) is 133 cm³/mol. The minimum atomic E-state index is -4.12. The van der Waals surface area contributed by atoms with E-state index in [0.29, 0.717) is 47.8 Å². The summed E-state index contributed by atoms with van der Waals surface area (Å²) in [6.45, 7) is 2.87. The highest BCUT2D eigenvalue weighted by molar-refractivity contribution is 7.90. The van der Waals surface area contributed by atoms with E-state index in [4.69, 9.17) is 4.74 Å². The number of ether oxygens (including phenoxy) is 1. The maximum atomic E-state index is 13.3. The summed E-state index contributed by atoms with van der Waals surface area (Å²) in [5.41, 5.74) is 2.29. The third kappa shape index (κ3) is 4.15. The number of carbonyl (C=O) groups excluding carboxylic acids is 1. The molecular formula is C26H23N3O5S. The molecule has 178 valence electrons. The van der Waals surface area contributed by atoms with Crippen molar-refractivity contribution >= 4 is 21.6 Å². The topological polar surface area (TPSA) is 101 Å². The van der Waals surface area contributed by atoms with Crippen molar-refractivity contribution in [1.82, 2.24) is 8.96 Å². The molecule has 1 aromatic heterocycles. The fraction of sp³-hybridized carbons (Fsp3) is 0.154. The number of hydrogen-bond donors (Lipinski definition) is 1. The Kier molecular flexibility index (Phi) is 5.78. The van der Waals surface area contributed by atoms with Gasteiger partial charge >= 0.3 is 5.69 Å². The molecule has 9 heteroatoms. The summed E-state index contributed by atoms with van der Waals surface area (Å²) in [5, 5.41) is 0. The second-order valence-corrected chi connectivity index (χ2v) is 9.91. The van der Waals surface area contributed by atoms with Gasteiger partial charge in [-0.2, -0.15) is 3.97 Å². The van der Waals surface area contributed by atoms with Crippen molar-refractivity contribution in [3.05, 3.63) is 101 Å². The third-order valence-corrected chi connectivity index (χ3v) is 7.57. The first-order valence-corrected chi connectivity index (χ1v) is 12.6. The molecule has 0 fully saturated rings. The van der Waals surface area contributed by atoms with E-state index < -0.39 is 15.7 Å². The number of imidazole rings is 1. The van der Waals surface area contributed by atoms with Gasteiger partial charge in [-0.25, -0.2) is 13.2 Å². The van der Waals surface area contributed by atoms with Crippen LogP contribution < -0.4 is 15.3 Å². The van der Waals surface area contributed by atoms with E-state index in [9.17, 15) is 18.0 Å². The standard InChI is InChI=1S/C26H23N3O5S/c1-2-34-21-10-8-19(9-11-21)25(30)28-15-14-20-16-22(12-13-24(20)28)35(32,33)29-17-23(27-26(29)31)18-6-4-3-5-7-18/h3-13,16-17H,2,14-15H2,1H3,(H,27,31). The normalized spacial score (nSPS) is 13.0. The second-order valence-electron chi connectivity index (χ2n) is 8.09. The molecule has 2 heterocycles. The van der Waals surface area contributed by atoms with Crippen LogP contribution in [0.2, 0.25) is 0 Å². The van der Waals surface area contributed by atoms with Crippen LogP contribution in [0.3, 0.4) is 0 Å². The zero-order chi connectivity index (χ0) is 24.6. The smallest absolute Gasteiger partial charge is 0.340 e. The van der Waals surface area contributed by atoms with E-state index in [0.717, 1.165) is 9.54 Å². The van der Waals surface area contributed by atoms with Crippen LogP contribution in [0.5, 0.6) is 5.75 Å². The van der Waals surface area contributed by atoms with E-state index in [1.54, 1.807) is 59.5 Å². The lowest BCUT2D eigenvalue weighted by Crippen LogP contribution is -2.28. The molecule has 8 nitrogen and oxygen atoms in total. The number of aromatic nitrogens is 2. The first-order valence-electron chi connectivity index (χ1n) is 11.2. The van der Waals surface area contributed by atoms with Crippen LogP contribution in [0.25, 0.3) is 11.3 Å². The van der Waals surface area contributed by atoms with Crippen LogP contribution >= 0.6 is 0 Å². The molecular weight excluding hydrogens is 466 g/mol. The molecule has 1 aliphatic rings. The van der Waals surface area contributed by atoms with Gasteiger partial charge in [0.25, 0.3) is 15.9 Å². The number of rotatable bonds is 6. The fourth-order valence-electron chi connectivity index (χ4n) is 4.20. The Labute approximate surface area is 202 Å². The Hall–Kier alpha value is -4.11. The first-order chi connectivity index (χ1) is 16.9. The molecule has 35 heavy (non-hydrogen) atoms. The summed E-state index contributed by atoms with van der Waals surface area (Å²) < 4.78 is 32.7. The number of benzene rings is 3. The molecule has 0 aliphatic carbocycles. The van der Waals surface area contributed by atoms with Gasteiger partial charge in [0.1, 0.15) is 5.75 Å². The molecule has 0 saturated heterocycles. The quantitative estimate of drug-likeness (QED) is 0.445. The third-order valence-electron chi connectivity index (χ3n) is 5.93. The Morgan fingerprint density at radius 2 is 1.77 bits per heavy atom. The Morgan fingerprint density at radius 3 is 2.49 bits per heavy atom. The highest BCUT2D eigenvalue weighted by Crippen LogP contribution is 2.32. The molecule has 3 aromatic carbocycles. The summed E-state index contributed by atoms with van der Waals surface area (Å²) in [5.74, 6) is 0.521. The fourth-order valence-corrected chi connectivity index (χ4v) is 5.47. The number of hydrogen-bond acceptors (Lipinski definition) is 5. The highest BCUT2D eigenvalue weighted by atomic mass is 32.2. The number of aromatic amines is 1. The van der Waals surface area contributed by atoms with Gasteiger partial charge in [0.15, 0.2) is 0 Å². The molecule has 0 spiro atoms. The highest BCUT2D eigenvalue weighted by Gasteiger charge is 2.28. The van der Waals surface area contributed by atoms with E-state index in [1.165, 1.54) is 18.3 Å². The number of H-pyrrole nitrogens is 1. The Morgan fingerprint density at radius 1 is 1.03 bits per heavy atom. The maximum absolute atomic E-state index is 13.3. The van der Waals surface area contributed by atoms with Crippen molar-refractivity contribution in [3.8, 4) is 17.0 Å². The van der Waals surface area contributed by atoms with E-state index in [1.807, 2.05) is 13.0 Å². The van der Waals surface area contributed by atoms with Gasteiger partial charge in [0.2, 0.25) is 0 Å². The number of fused-ring (bicyclic) bond motifs is 1. The zero-order valence-corrected chi connectivity index (χ0v) is 19.8. The van der Waals surface area contributed by atoms with Gasteiger partial charge in [-0.05, 0) is 66.9 Å². The van der Waals surface area contributed by atoms with Crippen molar-refractivity contribution in [1.29, 1.82) is 0 Å². The van der Waals surface area contributed by atoms with Crippen molar-refractivity contribution < 1.29 is 17.9 Å². The molecule has 4 aromatic rings. The van der Waals surface area contributed by atoms with Gasteiger partial charge in [-0.3, -0.25) is 4.79 Å². The lowest BCUT2D eigenvalue weighted by Gasteiger charge is -2.18. The number of nitrogens with one attached hydrogen (secondary N) is 1. The summed E-state index contributed by atoms with van der Waals surface area (Å²) in [6.07, 6.45) is 1.81. The average Bonchev–Trinajstić information content (AvgIpc) is 3.48. The predicted octanol–water partition coefficient (Wildman–Crippen LogP) is 3.68. The molecule has 0 saturated carbocycles.